The van der Waals surface area contributed by atoms with Crippen LogP contribution in [0.2, 0.25) is 0 Å². The molecule has 1 aromatic heterocycles. The Kier molecular flexibility index (Phi) is 4.93. The summed E-state index contributed by atoms with van der Waals surface area (Å²) in [5.74, 6) is 0.530. The molecule has 0 radical (unpaired) electrons. The Morgan fingerprint density at radius 3 is 2.50 bits per heavy atom. The van der Waals surface area contributed by atoms with Crippen molar-refractivity contribution in [3.05, 3.63) is 36.0 Å². The molecule has 1 aromatic carbocycles. The number of anilines is 1. The summed E-state index contributed by atoms with van der Waals surface area (Å²) in [6, 6.07) is 8.69. The van der Waals surface area contributed by atoms with Gasteiger partial charge in [0.1, 0.15) is 11.6 Å². The number of nitrogens with one attached hydrogen (secondary N) is 1. The number of ether oxygens (including phenoxy) is 1. The molecule has 6 heteroatoms. The molecule has 6 nitrogen and oxygen atoms in total. The topological polar surface area (TPSA) is 84.3 Å². The first-order valence-electron chi connectivity index (χ1n) is 7.13. The van der Waals surface area contributed by atoms with Gasteiger partial charge in [-0.15, -0.1) is 0 Å². The average molecular weight is 301 g/mol. The quantitative estimate of drug-likeness (QED) is 0.853. The first-order valence-corrected chi connectivity index (χ1v) is 7.13. The molecule has 0 aliphatic heterocycles. The molecular weight excluding hydrogens is 282 g/mol. The predicted octanol–water partition coefficient (Wildman–Crippen LogP) is 3.06. The van der Waals surface area contributed by atoms with Crippen LogP contribution in [0.3, 0.4) is 0 Å². The fraction of sp³-hybridized carbons (Fsp3) is 0.312. The highest BCUT2D eigenvalue weighted by Crippen LogP contribution is 2.22. The Morgan fingerprint density at radius 1 is 1.27 bits per heavy atom. The second-order valence-electron chi connectivity index (χ2n) is 4.99. The van der Waals surface area contributed by atoms with E-state index in [-0.39, 0.29) is 11.8 Å². The highest BCUT2D eigenvalue weighted by molar-refractivity contribution is 5.87. The van der Waals surface area contributed by atoms with E-state index in [0.29, 0.717) is 18.2 Å². The molecule has 0 saturated carbocycles. The van der Waals surface area contributed by atoms with Gasteiger partial charge in [-0.3, -0.25) is 0 Å². The van der Waals surface area contributed by atoms with Crippen molar-refractivity contribution in [3.8, 4) is 17.1 Å². The van der Waals surface area contributed by atoms with E-state index in [0.717, 1.165) is 11.3 Å². The van der Waals surface area contributed by atoms with Crippen molar-refractivity contribution < 1.29 is 14.6 Å². The van der Waals surface area contributed by atoms with Gasteiger partial charge >= 0.3 is 5.97 Å². The van der Waals surface area contributed by atoms with Crippen molar-refractivity contribution in [2.75, 3.05) is 11.9 Å². The van der Waals surface area contributed by atoms with E-state index in [4.69, 9.17) is 9.84 Å². The summed E-state index contributed by atoms with van der Waals surface area (Å²) in [6.45, 7) is 6.48. The Hall–Kier alpha value is -2.63. The first kappa shape index (κ1) is 15.8. The normalized spacial score (nSPS) is 10.5. The van der Waals surface area contributed by atoms with Crippen molar-refractivity contribution in [2.45, 2.75) is 26.9 Å². The van der Waals surface area contributed by atoms with Gasteiger partial charge in [-0.1, -0.05) is 0 Å². The van der Waals surface area contributed by atoms with Crippen molar-refractivity contribution in [2.24, 2.45) is 0 Å². The third-order valence-electron chi connectivity index (χ3n) is 2.79. The standard InChI is InChI=1S/C16H19N3O3/c1-4-17-14-9-13(16(20)21)18-15(19-14)11-5-7-12(8-6-11)22-10(2)3/h5-10H,4H2,1-3H3,(H,20,21)(H,17,18,19). The van der Waals surface area contributed by atoms with E-state index in [1.54, 1.807) is 0 Å². The molecule has 0 saturated heterocycles. The molecule has 0 bridgehead atoms. The van der Waals surface area contributed by atoms with Crippen LogP contribution in [0.5, 0.6) is 5.75 Å². The third-order valence-corrected chi connectivity index (χ3v) is 2.79. The van der Waals surface area contributed by atoms with Crippen LogP contribution in [-0.2, 0) is 0 Å². The molecule has 0 aliphatic rings. The summed E-state index contributed by atoms with van der Waals surface area (Å²) >= 11 is 0. The molecule has 0 spiro atoms. The third kappa shape index (κ3) is 3.94. The molecule has 2 N–H and O–H groups in total. The molecule has 2 aromatic rings. The zero-order valence-corrected chi connectivity index (χ0v) is 12.8. The van der Waals surface area contributed by atoms with E-state index >= 15 is 0 Å². The molecule has 0 unspecified atom stereocenters. The highest BCUT2D eigenvalue weighted by atomic mass is 16.5. The number of carboxylic acids is 1. The number of nitrogens with zero attached hydrogens (tertiary/aromatic N) is 2. The fourth-order valence-electron chi connectivity index (χ4n) is 1.91. The van der Waals surface area contributed by atoms with Gasteiger partial charge in [-0.25, -0.2) is 14.8 Å². The van der Waals surface area contributed by atoms with E-state index in [1.165, 1.54) is 6.07 Å². The lowest BCUT2D eigenvalue weighted by molar-refractivity contribution is 0.0690. The molecule has 2 rings (SSSR count). The molecule has 0 amide bonds. The molecular formula is C16H19N3O3. The maximum atomic E-state index is 11.2. The number of hydrogen-bond donors (Lipinski definition) is 2. The summed E-state index contributed by atoms with van der Waals surface area (Å²) in [4.78, 5) is 19.6. The molecule has 116 valence electrons. The molecule has 1 heterocycles. The Labute approximate surface area is 129 Å². The number of carboxylic acid groups (broad SMARTS) is 1. The van der Waals surface area contributed by atoms with Crippen LogP contribution in [0.4, 0.5) is 5.82 Å². The van der Waals surface area contributed by atoms with Crippen LogP contribution in [0, 0.1) is 0 Å². The Balaban J connectivity index is 2.36. The summed E-state index contributed by atoms with van der Waals surface area (Å²) in [6.07, 6.45) is 0.0952. The molecule has 0 atom stereocenters. The van der Waals surface area contributed by atoms with Crippen molar-refractivity contribution in [3.63, 3.8) is 0 Å². The number of aromatic nitrogens is 2. The maximum absolute atomic E-state index is 11.2. The maximum Gasteiger partial charge on any atom is 0.354 e. The number of hydrogen-bond acceptors (Lipinski definition) is 5. The summed E-state index contributed by atoms with van der Waals surface area (Å²) in [5.41, 5.74) is 0.696. The summed E-state index contributed by atoms with van der Waals surface area (Å²) < 4.78 is 5.58. The monoisotopic (exact) mass is 301 g/mol. The average Bonchev–Trinajstić information content (AvgIpc) is 2.47. The highest BCUT2D eigenvalue weighted by Gasteiger charge is 2.12. The molecule has 0 fully saturated rings. The van der Waals surface area contributed by atoms with Gasteiger partial charge in [0.05, 0.1) is 6.10 Å². The van der Waals surface area contributed by atoms with E-state index in [9.17, 15) is 4.79 Å². The van der Waals surface area contributed by atoms with Gasteiger partial charge < -0.3 is 15.2 Å². The summed E-state index contributed by atoms with van der Waals surface area (Å²) in [5, 5.41) is 12.2. The summed E-state index contributed by atoms with van der Waals surface area (Å²) in [7, 11) is 0. The molecule has 0 aliphatic carbocycles. The Bertz CT molecular complexity index is 654. The van der Waals surface area contributed by atoms with Crippen LogP contribution < -0.4 is 10.1 Å². The zero-order chi connectivity index (χ0) is 16.1. The van der Waals surface area contributed by atoms with Crippen LogP contribution in [0.25, 0.3) is 11.4 Å². The van der Waals surface area contributed by atoms with Gasteiger partial charge in [0.15, 0.2) is 11.5 Å². The van der Waals surface area contributed by atoms with E-state index in [2.05, 4.69) is 15.3 Å². The van der Waals surface area contributed by atoms with E-state index in [1.807, 2.05) is 45.0 Å². The number of rotatable bonds is 6. The van der Waals surface area contributed by atoms with Crippen molar-refractivity contribution in [1.29, 1.82) is 0 Å². The SMILES string of the molecule is CCNc1cc(C(=O)O)nc(-c2ccc(OC(C)C)cc2)n1. The largest absolute Gasteiger partial charge is 0.491 e. The predicted molar refractivity (Wildman–Crippen MR) is 84.4 cm³/mol. The minimum absolute atomic E-state index is 0.0385. The van der Waals surface area contributed by atoms with Crippen LogP contribution >= 0.6 is 0 Å². The lowest BCUT2D eigenvalue weighted by Crippen LogP contribution is -2.08. The number of aromatic carboxylic acids is 1. The number of benzene rings is 1. The van der Waals surface area contributed by atoms with Gasteiger partial charge in [-0.05, 0) is 45.0 Å². The fourth-order valence-corrected chi connectivity index (χ4v) is 1.91. The van der Waals surface area contributed by atoms with Crippen LogP contribution in [-0.4, -0.2) is 33.7 Å². The minimum atomic E-state index is -1.08. The minimum Gasteiger partial charge on any atom is -0.491 e. The van der Waals surface area contributed by atoms with Gasteiger partial charge in [0, 0.05) is 18.2 Å². The number of carbonyl (C=O) groups is 1. The Morgan fingerprint density at radius 2 is 1.95 bits per heavy atom. The second-order valence-corrected chi connectivity index (χ2v) is 4.99. The first-order chi connectivity index (χ1) is 10.5. The van der Waals surface area contributed by atoms with Crippen LogP contribution in [0.15, 0.2) is 30.3 Å². The van der Waals surface area contributed by atoms with Crippen molar-refractivity contribution in [1.82, 2.24) is 9.97 Å². The zero-order valence-electron chi connectivity index (χ0n) is 12.8. The van der Waals surface area contributed by atoms with E-state index < -0.39 is 5.97 Å². The van der Waals surface area contributed by atoms with Crippen LogP contribution in [0.1, 0.15) is 31.3 Å². The van der Waals surface area contributed by atoms with Gasteiger partial charge in [0.2, 0.25) is 0 Å². The lowest BCUT2D eigenvalue weighted by atomic mass is 10.2. The smallest absolute Gasteiger partial charge is 0.354 e. The van der Waals surface area contributed by atoms with Gasteiger partial charge in [-0.2, -0.15) is 0 Å². The lowest BCUT2D eigenvalue weighted by Gasteiger charge is -2.10. The second kappa shape index (κ2) is 6.89. The molecule has 22 heavy (non-hydrogen) atoms. The van der Waals surface area contributed by atoms with Gasteiger partial charge in [0.25, 0.3) is 0 Å². The van der Waals surface area contributed by atoms with Crippen molar-refractivity contribution >= 4 is 11.8 Å².